The lowest BCUT2D eigenvalue weighted by molar-refractivity contribution is -0.143. The molecule has 0 saturated carbocycles. The molecule has 1 N–H and O–H groups in total. The average Bonchev–Trinajstić information content (AvgIpc) is 2.73. The van der Waals surface area contributed by atoms with E-state index < -0.39 is 0 Å². The van der Waals surface area contributed by atoms with Crippen LogP contribution in [0.3, 0.4) is 0 Å². The van der Waals surface area contributed by atoms with Gasteiger partial charge in [-0.2, -0.15) is 0 Å². The zero-order valence-corrected chi connectivity index (χ0v) is 21.3. The molecule has 0 aromatic carbocycles. The van der Waals surface area contributed by atoms with Crippen molar-refractivity contribution in [2.24, 2.45) is 0 Å². The van der Waals surface area contributed by atoms with Crippen LogP contribution in [0.4, 0.5) is 0 Å². The van der Waals surface area contributed by atoms with E-state index in [0.29, 0.717) is 13.0 Å². The molecule has 0 aliphatic carbocycles. The Balaban J connectivity index is -0.000000772. The van der Waals surface area contributed by atoms with Crippen LogP contribution in [0.25, 0.3) is 0 Å². The van der Waals surface area contributed by atoms with Crippen LogP contribution < -0.4 is 0 Å². The van der Waals surface area contributed by atoms with E-state index in [0.717, 1.165) is 26.1 Å². The monoisotopic (exact) mass is 432 g/mol. The van der Waals surface area contributed by atoms with Crippen LogP contribution in [0.1, 0.15) is 137 Å². The first-order chi connectivity index (χ1) is 14.6. The second-order valence-electron chi connectivity index (χ2n) is 7.66. The summed E-state index contributed by atoms with van der Waals surface area (Å²) in [6, 6.07) is 0. The lowest BCUT2D eigenvalue weighted by atomic mass is 10.1. The van der Waals surface area contributed by atoms with Crippen LogP contribution in [0.2, 0.25) is 0 Å². The van der Waals surface area contributed by atoms with Crippen LogP contribution in [0.15, 0.2) is 0 Å². The maximum atomic E-state index is 11.6. The minimum atomic E-state index is 0.0107. The van der Waals surface area contributed by atoms with Crippen molar-refractivity contribution in [1.29, 1.82) is 0 Å². The number of ether oxygens (including phenoxy) is 2. The van der Waals surface area contributed by atoms with Crippen molar-refractivity contribution in [2.45, 2.75) is 137 Å². The van der Waals surface area contributed by atoms with Gasteiger partial charge in [-0.15, -0.1) is 0 Å². The maximum Gasteiger partial charge on any atom is 0.305 e. The van der Waals surface area contributed by atoms with Crippen molar-refractivity contribution in [2.75, 3.05) is 26.4 Å². The first-order valence-corrected chi connectivity index (χ1v) is 13.0. The van der Waals surface area contributed by atoms with Crippen LogP contribution in [0, 0.1) is 0 Å². The van der Waals surface area contributed by atoms with E-state index in [9.17, 15) is 4.79 Å². The predicted octanol–water partition coefficient (Wildman–Crippen LogP) is 7.85. The van der Waals surface area contributed by atoms with Gasteiger partial charge in [-0.3, -0.25) is 4.79 Å². The highest BCUT2D eigenvalue weighted by molar-refractivity contribution is 5.69. The largest absolute Gasteiger partial charge is 0.466 e. The number of esters is 1. The molecule has 0 aromatic rings. The van der Waals surface area contributed by atoms with E-state index in [1.807, 2.05) is 13.8 Å². The molecule has 4 nitrogen and oxygen atoms in total. The first-order valence-electron chi connectivity index (χ1n) is 13.0. The summed E-state index contributed by atoms with van der Waals surface area (Å²) in [5.41, 5.74) is 0. The molecule has 0 amide bonds. The van der Waals surface area contributed by atoms with Gasteiger partial charge in [0.15, 0.2) is 0 Å². The number of hydrogen-bond donors (Lipinski definition) is 1. The fraction of sp³-hybridized carbons (Fsp3) is 0.962. The van der Waals surface area contributed by atoms with Crippen LogP contribution in [0.5, 0.6) is 0 Å². The molecule has 0 aliphatic rings. The molecule has 0 rings (SSSR count). The smallest absolute Gasteiger partial charge is 0.305 e. The van der Waals surface area contributed by atoms with Gasteiger partial charge in [-0.25, -0.2) is 0 Å². The Morgan fingerprint density at radius 1 is 0.600 bits per heavy atom. The van der Waals surface area contributed by atoms with E-state index >= 15 is 0 Å². The molecule has 0 saturated heterocycles. The normalized spacial score (nSPS) is 9.93. The van der Waals surface area contributed by atoms with Gasteiger partial charge in [-0.1, -0.05) is 97.3 Å². The molecule has 30 heavy (non-hydrogen) atoms. The fourth-order valence-electron chi connectivity index (χ4n) is 2.92. The summed E-state index contributed by atoms with van der Waals surface area (Å²) in [5.74, 6) is 0.0107. The molecule has 0 bridgehead atoms. The summed E-state index contributed by atoms with van der Waals surface area (Å²) >= 11 is 0. The third-order valence-electron chi connectivity index (χ3n) is 4.65. The van der Waals surface area contributed by atoms with Crippen LogP contribution in [-0.2, 0) is 14.3 Å². The van der Waals surface area contributed by atoms with E-state index in [2.05, 4.69) is 13.8 Å². The van der Waals surface area contributed by atoms with Gasteiger partial charge in [0.2, 0.25) is 0 Å². The number of unbranched alkanes of at least 4 members (excludes halogenated alkanes) is 13. The van der Waals surface area contributed by atoms with Gasteiger partial charge in [-0.05, 0) is 33.6 Å². The van der Waals surface area contributed by atoms with Gasteiger partial charge in [0.25, 0.3) is 0 Å². The summed E-state index contributed by atoms with van der Waals surface area (Å²) in [7, 11) is 0. The van der Waals surface area contributed by atoms with Crippen LogP contribution >= 0.6 is 0 Å². The van der Waals surface area contributed by atoms with Gasteiger partial charge in [0, 0.05) is 26.2 Å². The molecular formula is C26H56O4. The average molecular weight is 433 g/mol. The fourth-order valence-corrected chi connectivity index (χ4v) is 2.92. The topological polar surface area (TPSA) is 55.8 Å². The van der Waals surface area contributed by atoms with Gasteiger partial charge in [0.05, 0.1) is 6.61 Å². The summed E-state index contributed by atoms with van der Waals surface area (Å²) in [6.07, 6.45) is 19.7. The molecule has 0 heterocycles. The van der Waals surface area contributed by atoms with Crippen LogP contribution in [-0.4, -0.2) is 37.5 Å². The Hall–Kier alpha value is -0.610. The highest BCUT2D eigenvalue weighted by atomic mass is 16.5. The quantitative estimate of drug-likeness (QED) is 0.167. The number of carbonyl (C=O) groups excluding carboxylic acids is 1. The van der Waals surface area contributed by atoms with Crippen molar-refractivity contribution >= 4 is 5.97 Å². The highest BCUT2D eigenvalue weighted by Crippen LogP contribution is 2.11. The lowest BCUT2D eigenvalue weighted by Crippen LogP contribution is -2.05. The summed E-state index contributed by atoms with van der Waals surface area (Å²) in [4.78, 5) is 11.6. The Bertz CT molecular complexity index is 280. The maximum absolute atomic E-state index is 11.6. The minimum Gasteiger partial charge on any atom is -0.466 e. The molecule has 0 aliphatic heterocycles. The molecule has 184 valence electrons. The third kappa shape index (κ3) is 41.7. The standard InChI is InChI=1S/C20H40O2.C4H10O.C2H6O/c1-3-5-7-9-11-12-13-14-16-18-20(21)22-19-17-15-10-8-6-4-2;1-3-5-4-2;1-2-3/h3-19H2,1-2H3;3-4H2,1-2H3;3H,2H2,1H3. The third-order valence-corrected chi connectivity index (χ3v) is 4.65. The number of carbonyl (C=O) groups is 1. The SMILES string of the molecule is CCCCCCCCCCCC(=O)OCCCCCCCC.CCO.CCOCC. The number of hydrogen-bond acceptors (Lipinski definition) is 4. The molecule has 0 aromatic heterocycles. The van der Waals surface area contributed by atoms with Crippen molar-refractivity contribution in [3.05, 3.63) is 0 Å². The molecular weight excluding hydrogens is 376 g/mol. The van der Waals surface area contributed by atoms with E-state index in [4.69, 9.17) is 14.6 Å². The van der Waals surface area contributed by atoms with Crippen molar-refractivity contribution in [1.82, 2.24) is 0 Å². The molecule has 0 radical (unpaired) electrons. The van der Waals surface area contributed by atoms with Gasteiger partial charge >= 0.3 is 5.97 Å². The van der Waals surface area contributed by atoms with E-state index in [1.165, 1.54) is 83.5 Å². The number of aliphatic hydroxyl groups is 1. The summed E-state index contributed by atoms with van der Waals surface area (Å²) < 4.78 is 10.1. The van der Waals surface area contributed by atoms with Crippen molar-refractivity contribution in [3.63, 3.8) is 0 Å². The predicted molar refractivity (Wildman–Crippen MR) is 131 cm³/mol. The number of aliphatic hydroxyl groups excluding tert-OH is 1. The van der Waals surface area contributed by atoms with Crippen molar-refractivity contribution in [3.8, 4) is 0 Å². The Morgan fingerprint density at radius 2 is 0.967 bits per heavy atom. The van der Waals surface area contributed by atoms with Crippen molar-refractivity contribution < 1.29 is 19.4 Å². The zero-order valence-electron chi connectivity index (χ0n) is 21.3. The second-order valence-corrected chi connectivity index (χ2v) is 7.66. The molecule has 0 fully saturated rings. The first kappa shape index (κ1) is 34.0. The Morgan fingerprint density at radius 3 is 1.33 bits per heavy atom. The molecule has 0 atom stereocenters. The summed E-state index contributed by atoms with van der Waals surface area (Å²) in [5, 5.41) is 7.57. The summed E-state index contributed by atoms with van der Waals surface area (Å²) in [6.45, 7) is 12.7. The van der Waals surface area contributed by atoms with E-state index in [1.54, 1.807) is 6.92 Å². The van der Waals surface area contributed by atoms with Gasteiger partial charge in [0.1, 0.15) is 0 Å². The molecule has 0 unspecified atom stereocenters. The van der Waals surface area contributed by atoms with Gasteiger partial charge < -0.3 is 14.6 Å². The Labute approximate surface area is 189 Å². The molecule has 4 heteroatoms. The second kappa shape index (κ2) is 35.8. The molecule has 0 spiro atoms. The lowest BCUT2D eigenvalue weighted by Gasteiger charge is -2.05. The van der Waals surface area contributed by atoms with E-state index in [-0.39, 0.29) is 12.6 Å². The zero-order chi connectivity index (χ0) is 23.1. The number of rotatable bonds is 19. The highest BCUT2D eigenvalue weighted by Gasteiger charge is 2.02. The minimum absolute atomic E-state index is 0.0107. The Kier molecular flexibility index (Phi) is 40.6.